The van der Waals surface area contributed by atoms with Crippen LogP contribution >= 0.6 is 54.5 Å². The van der Waals surface area contributed by atoms with Gasteiger partial charge in [-0.1, -0.05) is 0 Å². The van der Waals surface area contributed by atoms with Crippen LogP contribution in [0.5, 0.6) is 0 Å². The number of aromatic nitrogens is 4. The first-order valence-electron chi connectivity index (χ1n) is 12.2. The molecule has 0 aliphatic rings. The Morgan fingerprint density at radius 2 is 1.53 bits per heavy atom. The highest BCUT2D eigenvalue weighted by molar-refractivity contribution is 9.11. The van der Waals surface area contributed by atoms with Crippen molar-refractivity contribution in [2.45, 2.75) is 6.42 Å². The summed E-state index contributed by atoms with van der Waals surface area (Å²) in [6.07, 6.45) is 6.40. The fourth-order valence-corrected chi connectivity index (χ4v) is 6.14. The first-order chi connectivity index (χ1) is 20.8. The zero-order valence-corrected chi connectivity index (χ0v) is 27.4. The van der Waals surface area contributed by atoms with E-state index in [4.69, 9.17) is 4.74 Å². The highest BCUT2D eigenvalue weighted by Crippen LogP contribution is 2.33. The molecule has 0 unspecified atom stereocenters. The number of rotatable bonds is 9. The minimum Gasteiger partial charge on any atom is -0.464 e. The van der Waals surface area contributed by atoms with E-state index >= 15 is 0 Å². The molecule has 11 nitrogen and oxygen atoms in total. The van der Waals surface area contributed by atoms with Crippen molar-refractivity contribution in [2.24, 2.45) is 5.10 Å². The van der Waals surface area contributed by atoms with Crippen LogP contribution in [0.2, 0.25) is 0 Å². The lowest BCUT2D eigenvalue weighted by molar-refractivity contribution is -0.132. The molecule has 0 atom stereocenters. The van der Waals surface area contributed by atoms with E-state index in [1.165, 1.54) is 25.6 Å². The van der Waals surface area contributed by atoms with Gasteiger partial charge < -0.3 is 9.47 Å². The van der Waals surface area contributed by atoms with Crippen LogP contribution in [0.4, 0.5) is 5.69 Å². The normalized spacial score (nSPS) is 10.8. The molecule has 5 rings (SSSR count). The molecular weight excluding hydrogens is 724 g/mol. The Balaban J connectivity index is 0.000000197. The number of nitrogens with zero attached hydrogens (tertiary/aromatic N) is 5. The van der Waals surface area contributed by atoms with Gasteiger partial charge in [-0.2, -0.15) is 10.2 Å². The third kappa shape index (κ3) is 8.73. The molecule has 5 aromatic rings. The van der Waals surface area contributed by atoms with Crippen LogP contribution in [0, 0.1) is 0 Å². The number of ketones is 1. The van der Waals surface area contributed by atoms with Gasteiger partial charge in [-0.15, -0.1) is 22.7 Å². The fourth-order valence-electron chi connectivity index (χ4n) is 3.43. The highest BCUT2D eigenvalue weighted by atomic mass is 79.9. The second-order valence-electron chi connectivity index (χ2n) is 8.23. The first kappa shape index (κ1) is 31.9. The Morgan fingerprint density at radius 1 is 0.884 bits per heavy atom. The van der Waals surface area contributed by atoms with E-state index < -0.39 is 11.9 Å². The summed E-state index contributed by atoms with van der Waals surface area (Å²) in [5.74, 6) is -1.30. The van der Waals surface area contributed by atoms with Crippen LogP contribution in [0.1, 0.15) is 26.6 Å². The standard InChI is InChI=1S/C14H12BrN3O3S.C14H10BrN3O2S/c1-21-14(20)10(18-17-9-4-6-16-7-5-9)8-11(19)12-2-3-13(15)22-12;1-20-14(19)10-8-11(12-2-3-13(15)21-12)18(17-10)9-4-6-16-7-5-9/h2-7H,8H2,1H3,(H,16,17);2-8H,1H3/b18-10-;. The molecule has 0 saturated carbocycles. The van der Waals surface area contributed by atoms with Gasteiger partial charge in [0.1, 0.15) is 0 Å². The van der Waals surface area contributed by atoms with E-state index in [0.29, 0.717) is 10.6 Å². The number of methoxy groups -OCH3 is 2. The van der Waals surface area contributed by atoms with Crippen molar-refractivity contribution in [1.29, 1.82) is 0 Å². The average Bonchev–Trinajstić information content (AvgIpc) is 3.79. The van der Waals surface area contributed by atoms with Crippen molar-refractivity contribution in [3.63, 3.8) is 0 Å². The van der Waals surface area contributed by atoms with Gasteiger partial charge in [0.15, 0.2) is 17.2 Å². The molecule has 0 radical (unpaired) electrons. The minimum absolute atomic E-state index is 0.00818. The number of halogens is 2. The van der Waals surface area contributed by atoms with Crippen molar-refractivity contribution < 1.29 is 23.9 Å². The smallest absolute Gasteiger partial charge is 0.358 e. The van der Waals surface area contributed by atoms with Crippen LogP contribution in [0.25, 0.3) is 16.3 Å². The van der Waals surface area contributed by atoms with E-state index in [9.17, 15) is 14.4 Å². The number of thiophene rings is 2. The second-order valence-corrected chi connectivity index (χ2v) is 13.2. The second kappa shape index (κ2) is 15.4. The molecule has 15 heteroatoms. The average molecular weight is 746 g/mol. The van der Waals surface area contributed by atoms with Gasteiger partial charge in [0, 0.05) is 30.9 Å². The highest BCUT2D eigenvalue weighted by Gasteiger charge is 2.20. The number of carbonyl (C=O) groups is 3. The molecule has 0 amide bonds. The minimum atomic E-state index is -0.648. The number of hydrazone groups is 1. The van der Waals surface area contributed by atoms with Crippen molar-refractivity contribution in [1.82, 2.24) is 19.7 Å². The van der Waals surface area contributed by atoms with Crippen molar-refractivity contribution >= 4 is 83.7 Å². The molecule has 0 aliphatic heterocycles. The molecule has 5 aromatic heterocycles. The Labute approximate surface area is 270 Å². The predicted octanol–water partition coefficient (Wildman–Crippen LogP) is 6.66. The number of pyridine rings is 2. The molecule has 0 aromatic carbocycles. The summed E-state index contributed by atoms with van der Waals surface area (Å²) in [6.45, 7) is 0. The van der Waals surface area contributed by atoms with Gasteiger partial charge in [-0.05, 0) is 80.4 Å². The zero-order chi connectivity index (χ0) is 30.8. The van der Waals surface area contributed by atoms with Crippen LogP contribution in [0.3, 0.4) is 0 Å². The van der Waals surface area contributed by atoms with Gasteiger partial charge in [0.25, 0.3) is 0 Å². The summed E-state index contributed by atoms with van der Waals surface area (Å²) in [7, 11) is 2.59. The van der Waals surface area contributed by atoms with Gasteiger partial charge in [-0.25, -0.2) is 14.3 Å². The SMILES string of the molecule is COC(=O)/C(CC(=O)c1ccc(Br)s1)=N\Nc1ccncc1.COC(=O)c1cc(-c2ccc(Br)s2)n(-c2ccncc2)n1. The first-order valence-corrected chi connectivity index (χ1v) is 15.4. The number of Topliss-reactive ketones (excluding diaryl/α,β-unsaturated/α-hetero) is 1. The van der Waals surface area contributed by atoms with Crippen molar-refractivity contribution in [3.05, 3.63) is 97.5 Å². The number of anilines is 1. The molecule has 1 N–H and O–H groups in total. The summed E-state index contributed by atoms with van der Waals surface area (Å²) in [4.78, 5) is 45.1. The lowest BCUT2D eigenvalue weighted by Gasteiger charge is -2.05. The van der Waals surface area contributed by atoms with Crippen LogP contribution in [-0.4, -0.2) is 57.4 Å². The van der Waals surface area contributed by atoms with Gasteiger partial charge in [0.05, 0.1) is 55.0 Å². The number of ether oxygens (including phenoxy) is 2. The summed E-state index contributed by atoms with van der Waals surface area (Å²) in [5, 5.41) is 8.32. The monoisotopic (exact) mass is 744 g/mol. The van der Waals surface area contributed by atoms with Crippen molar-refractivity contribution in [3.8, 4) is 16.3 Å². The summed E-state index contributed by atoms with van der Waals surface area (Å²) in [6, 6.07) is 16.2. The topological polar surface area (TPSA) is 138 Å². The van der Waals surface area contributed by atoms with Crippen LogP contribution in [0.15, 0.2) is 92.1 Å². The number of esters is 2. The van der Waals surface area contributed by atoms with E-state index in [2.05, 4.69) is 62.2 Å². The third-order valence-electron chi connectivity index (χ3n) is 5.43. The molecule has 43 heavy (non-hydrogen) atoms. The van der Waals surface area contributed by atoms with E-state index in [1.54, 1.807) is 71.1 Å². The molecular formula is C28H22Br2N6O5S2. The van der Waals surface area contributed by atoms with E-state index in [-0.39, 0.29) is 23.6 Å². The van der Waals surface area contributed by atoms with Crippen LogP contribution < -0.4 is 5.43 Å². The molecule has 0 fully saturated rings. The van der Waals surface area contributed by atoms with Gasteiger partial charge >= 0.3 is 11.9 Å². The van der Waals surface area contributed by atoms with Crippen LogP contribution in [-0.2, 0) is 14.3 Å². The molecule has 0 bridgehead atoms. The maximum Gasteiger partial charge on any atom is 0.358 e. The zero-order valence-electron chi connectivity index (χ0n) is 22.6. The molecule has 0 spiro atoms. The number of nitrogens with one attached hydrogen (secondary N) is 1. The molecule has 5 heterocycles. The van der Waals surface area contributed by atoms with Crippen molar-refractivity contribution in [2.75, 3.05) is 19.6 Å². The number of hydrogen-bond donors (Lipinski definition) is 1. The lowest BCUT2D eigenvalue weighted by Crippen LogP contribution is -2.21. The lowest BCUT2D eigenvalue weighted by atomic mass is 10.1. The van der Waals surface area contributed by atoms with Gasteiger partial charge in [0.2, 0.25) is 0 Å². The van der Waals surface area contributed by atoms with Gasteiger partial charge in [-0.3, -0.25) is 20.2 Å². The maximum absolute atomic E-state index is 12.2. The number of hydrogen-bond acceptors (Lipinski definition) is 12. The summed E-state index contributed by atoms with van der Waals surface area (Å²) >= 11 is 9.62. The largest absolute Gasteiger partial charge is 0.464 e. The Hall–Kier alpha value is -4.05. The Morgan fingerprint density at radius 3 is 2.12 bits per heavy atom. The van der Waals surface area contributed by atoms with E-state index in [0.717, 1.165) is 23.8 Å². The predicted molar refractivity (Wildman–Crippen MR) is 172 cm³/mol. The third-order valence-corrected chi connectivity index (χ3v) is 8.75. The Bertz CT molecular complexity index is 1740. The molecule has 0 saturated heterocycles. The summed E-state index contributed by atoms with van der Waals surface area (Å²) in [5.41, 5.74) is 5.31. The van der Waals surface area contributed by atoms with E-state index in [1.807, 2.05) is 24.3 Å². The quantitative estimate of drug-likeness (QED) is 0.0760. The summed E-state index contributed by atoms with van der Waals surface area (Å²) < 4.78 is 13.0. The fraction of sp³-hybridized carbons (Fsp3) is 0.107. The molecule has 220 valence electrons. The Kier molecular flexibility index (Phi) is 11.4. The number of carbonyl (C=O) groups excluding carboxylic acids is 3. The maximum atomic E-state index is 12.2. The molecule has 0 aliphatic carbocycles.